The van der Waals surface area contributed by atoms with Crippen LogP contribution in [0.25, 0.3) is 0 Å². The molecule has 0 aliphatic carbocycles. The predicted molar refractivity (Wildman–Crippen MR) is 33.3 cm³/mol. The first-order valence-corrected chi connectivity index (χ1v) is 3.32. The van der Waals surface area contributed by atoms with Crippen LogP contribution >= 0.6 is 0 Å². The highest BCUT2D eigenvalue weighted by Crippen LogP contribution is 2.16. The first kappa shape index (κ1) is 7.47. The second-order valence-electron chi connectivity index (χ2n) is 2.44. The molecule has 2 unspecified atom stereocenters. The van der Waals surface area contributed by atoms with Crippen molar-refractivity contribution >= 4 is 5.97 Å². The van der Waals surface area contributed by atoms with Gasteiger partial charge in [-0.3, -0.25) is 10.1 Å². The van der Waals surface area contributed by atoms with Crippen LogP contribution in [0.15, 0.2) is 0 Å². The average Bonchev–Trinajstić information content (AvgIpc) is 1.88. The van der Waals surface area contributed by atoms with Gasteiger partial charge in [-0.05, 0) is 19.4 Å². The Morgan fingerprint density at radius 1 is 1.70 bits per heavy atom. The van der Waals surface area contributed by atoms with Crippen LogP contribution in [0.2, 0.25) is 0 Å². The molecular formula is C6H10FNO2. The number of carboxylic acids is 1. The maximum atomic E-state index is 12.6. The fourth-order valence-electron chi connectivity index (χ4n) is 1.10. The molecule has 0 amide bonds. The average molecular weight is 147 g/mol. The molecule has 1 fully saturated rings. The lowest BCUT2D eigenvalue weighted by Crippen LogP contribution is -2.41. The van der Waals surface area contributed by atoms with Gasteiger partial charge in [0.1, 0.15) is 5.92 Å². The summed E-state index contributed by atoms with van der Waals surface area (Å²) in [6, 6.07) is 0. The van der Waals surface area contributed by atoms with Crippen LogP contribution in [0, 0.1) is 5.92 Å². The molecule has 3 nitrogen and oxygen atoms in total. The van der Waals surface area contributed by atoms with Crippen molar-refractivity contribution in [2.75, 3.05) is 6.54 Å². The number of hydrogen-bond donors (Lipinski definition) is 2. The molecule has 1 aliphatic heterocycles. The van der Waals surface area contributed by atoms with Gasteiger partial charge in [-0.2, -0.15) is 0 Å². The number of hydrogen-bond acceptors (Lipinski definition) is 2. The molecule has 0 radical (unpaired) electrons. The van der Waals surface area contributed by atoms with Gasteiger partial charge in [-0.15, -0.1) is 0 Å². The SMILES string of the molecule is O=C(O)C1CCCNC1F. The summed E-state index contributed by atoms with van der Waals surface area (Å²) in [6.45, 7) is 0.588. The summed E-state index contributed by atoms with van der Waals surface area (Å²) >= 11 is 0. The van der Waals surface area contributed by atoms with E-state index in [9.17, 15) is 9.18 Å². The number of piperidine rings is 1. The Kier molecular flexibility index (Phi) is 2.21. The van der Waals surface area contributed by atoms with Gasteiger partial charge in [0.2, 0.25) is 0 Å². The van der Waals surface area contributed by atoms with Crippen LogP contribution in [0.1, 0.15) is 12.8 Å². The van der Waals surface area contributed by atoms with E-state index >= 15 is 0 Å². The zero-order valence-corrected chi connectivity index (χ0v) is 5.51. The van der Waals surface area contributed by atoms with E-state index in [0.717, 1.165) is 6.42 Å². The Morgan fingerprint density at radius 2 is 2.40 bits per heavy atom. The van der Waals surface area contributed by atoms with Gasteiger partial charge in [0.05, 0.1) is 0 Å². The summed E-state index contributed by atoms with van der Waals surface area (Å²) in [5.41, 5.74) is 0. The molecule has 0 aromatic heterocycles. The molecule has 10 heavy (non-hydrogen) atoms. The number of carboxylic acid groups (broad SMARTS) is 1. The first-order valence-electron chi connectivity index (χ1n) is 3.32. The minimum atomic E-state index is -1.36. The van der Waals surface area contributed by atoms with Gasteiger partial charge in [0, 0.05) is 0 Å². The molecule has 0 aromatic carbocycles. The van der Waals surface area contributed by atoms with E-state index < -0.39 is 18.2 Å². The lowest BCUT2D eigenvalue weighted by atomic mass is 9.99. The normalized spacial score (nSPS) is 33.7. The van der Waals surface area contributed by atoms with E-state index in [4.69, 9.17) is 5.11 Å². The Balaban J connectivity index is 2.47. The topological polar surface area (TPSA) is 49.3 Å². The number of aliphatic carboxylic acids is 1. The summed E-state index contributed by atoms with van der Waals surface area (Å²) in [4.78, 5) is 10.3. The van der Waals surface area contributed by atoms with Crippen molar-refractivity contribution in [3.8, 4) is 0 Å². The van der Waals surface area contributed by atoms with Crippen LogP contribution in [-0.4, -0.2) is 23.9 Å². The molecule has 0 spiro atoms. The van der Waals surface area contributed by atoms with Crippen molar-refractivity contribution in [1.29, 1.82) is 0 Å². The van der Waals surface area contributed by atoms with Crippen LogP contribution in [0.5, 0.6) is 0 Å². The van der Waals surface area contributed by atoms with Gasteiger partial charge in [-0.1, -0.05) is 0 Å². The zero-order chi connectivity index (χ0) is 7.56. The molecule has 0 bridgehead atoms. The Hall–Kier alpha value is -0.640. The predicted octanol–water partition coefficient (Wildman–Crippen LogP) is 0.366. The van der Waals surface area contributed by atoms with Gasteiger partial charge >= 0.3 is 5.97 Å². The van der Waals surface area contributed by atoms with Gasteiger partial charge < -0.3 is 5.11 Å². The second-order valence-corrected chi connectivity index (χ2v) is 2.44. The van der Waals surface area contributed by atoms with Crippen molar-refractivity contribution in [1.82, 2.24) is 5.32 Å². The molecule has 2 atom stereocenters. The zero-order valence-electron chi connectivity index (χ0n) is 5.51. The van der Waals surface area contributed by atoms with Crippen LogP contribution in [0.4, 0.5) is 4.39 Å². The largest absolute Gasteiger partial charge is 0.481 e. The molecule has 0 saturated carbocycles. The highest BCUT2D eigenvalue weighted by molar-refractivity contribution is 5.70. The third-order valence-electron chi connectivity index (χ3n) is 1.70. The third kappa shape index (κ3) is 1.44. The summed E-state index contributed by atoms with van der Waals surface area (Å²) in [7, 11) is 0. The van der Waals surface area contributed by atoms with Gasteiger partial charge in [0.25, 0.3) is 0 Å². The van der Waals surface area contributed by atoms with Crippen molar-refractivity contribution in [3.05, 3.63) is 0 Å². The van der Waals surface area contributed by atoms with E-state index in [1.165, 1.54) is 0 Å². The maximum Gasteiger partial charge on any atom is 0.310 e. The number of alkyl halides is 1. The third-order valence-corrected chi connectivity index (χ3v) is 1.70. The molecule has 58 valence electrons. The van der Waals surface area contributed by atoms with Gasteiger partial charge in [-0.25, -0.2) is 4.39 Å². The first-order chi connectivity index (χ1) is 4.72. The molecule has 2 N–H and O–H groups in total. The maximum absolute atomic E-state index is 12.6. The molecule has 1 aliphatic rings. The minimum Gasteiger partial charge on any atom is -0.481 e. The molecule has 1 heterocycles. The number of halogens is 1. The summed E-state index contributed by atoms with van der Waals surface area (Å²) in [5, 5.41) is 10.9. The Bertz CT molecular complexity index is 140. The fourth-order valence-corrected chi connectivity index (χ4v) is 1.10. The fraction of sp³-hybridized carbons (Fsp3) is 0.833. The Morgan fingerprint density at radius 3 is 2.80 bits per heavy atom. The highest BCUT2D eigenvalue weighted by Gasteiger charge is 2.29. The Labute approximate surface area is 58.2 Å². The van der Waals surface area contributed by atoms with Crippen molar-refractivity contribution in [3.63, 3.8) is 0 Å². The van der Waals surface area contributed by atoms with E-state index in [2.05, 4.69) is 5.32 Å². The van der Waals surface area contributed by atoms with E-state index in [0.29, 0.717) is 13.0 Å². The molecule has 0 aromatic rings. The van der Waals surface area contributed by atoms with Gasteiger partial charge in [0.15, 0.2) is 6.30 Å². The smallest absolute Gasteiger partial charge is 0.310 e. The number of nitrogens with one attached hydrogen (secondary N) is 1. The van der Waals surface area contributed by atoms with Crippen LogP contribution < -0.4 is 5.32 Å². The number of rotatable bonds is 1. The summed E-state index contributed by atoms with van der Waals surface area (Å²) in [5.74, 6) is -1.88. The van der Waals surface area contributed by atoms with Crippen molar-refractivity contribution in [2.24, 2.45) is 5.92 Å². The monoisotopic (exact) mass is 147 g/mol. The minimum absolute atomic E-state index is 0.448. The molecule has 1 rings (SSSR count). The standard InChI is InChI=1S/C6H10FNO2/c7-5-4(6(9)10)2-1-3-8-5/h4-5,8H,1-3H2,(H,9,10). The molecular weight excluding hydrogens is 137 g/mol. The highest BCUT2D eigenvalue weighted by atomic mass is 19.1. The molecule has 1 saturated heterocycles. The lowest BCUT2D eigenvalue weighted by molar-refractivity contribution is -0.145. The molecule has 4 heteroatoms. The second kappa shape index (κ2) is 2.96. The lowest BCUT2D eigenvalue weighted by Gasteiger charge is -2.22. The van der Waals surface area contributed by atoms with E-state index in [1.54, 1.807) is 0 Å². The van der Waals surface area contributed by atoms with Crippen LogP contribution in [0.3, 0.4) is 0 Å². The van der Waals surface area contributed by atoms with Crippen molar-refractivity contribution in [2.45, 2.75) is 19.1 Å². The van der Waals surface area contributed by atoms with Crippen LogP contribution in [-0.2, 0) is 4.79 Å². The van der Waals surface area contributed by atoms with E-state index in [1.807, 2.05) is 0 Å². The number of carbonyl (C=O) groups is 1. The summed E-state index contributed by atoms with van der Waals surface area (Å²) in [6.07, 6.45) is -0.160. The van der Waals surface area contributed by atoms with E-state index in [-0.39, 0.29) is 0 Å². The van der Waals surface area contributed by atoms with Crippen molar-refractivity contribution < 1.29 is 14.3 Å². The summed E-state index contributed by atoms with van der Waals surface area (Å²) < 4.78 is 12.6. The quantitative estimate of drug-likeness (QED) is 0.527.